The number of carbonyl (C=O) groups excluding carboxylic acids is 1. The molecule has 4 rings (SSSR count). The zero-order chi connectivity index (χ0) is 20.5. The molecular formula is C22H21N3O2S2. The maximum Gasteiger partial charge on any atom is 0.269 e. The molecule has 0 bridgehead atoms. The summed E-state index contributed by atoms with van der Waals surface area (Å²) in [6, 6.07) is 13.9. The first kappa shape index (κ1) is 19.7. The van der Waals surface area contributed by atoms with Crippen molar-refractivity contribution in [1.29, 1.82) is 0 Å². The van der Waals surface area contributed by atoms with Crippen LogP contribution in [0.4, 0.5) is 11.4 Å². The number of nitrogens with zero attached hydrogens (tertiary/aromatic N) is 3. The van der Waals surface area contributed by atoms with Crippen molar-refractivity contribution in [2.75, 3.05) is 25.6 Å². The average Bonchev–Trinajstić information content (AvgIpc) is 3.21. The van der Waals surface area contributed by atoms with Crippen LogP contribution in [0, 0.1) is 6.92 Å². The molecule has 5 nitrogen and oxygen atoms in total. The van der Waals surface area contributed by atoms with Crippen LogP contribution in [-0.2, 0) is 4.79 Å². The maximum atomic E-state index is 13.2. The van der Waals surface area contributed by atoms with Gasteiger partial charge in [-0.15, -0.1) is 6.58 Å². The Morgan fingerprint density at radius 2 is 2.00 bits per heavy atom. The van der Waals surface area contributed by atoms with Crippen LogP contribution in [0.25, 0.3) is 0 Å². The van der Waals surface area contributed by atoms with Crippen LogP contribution in [0.3, 0.4) is 0 Å². The van der Waals surface area contributed by atoms with Crippen LogP contribution in [-0.4, -0.2) is 36.7 Å². The summed E-state index contributed by atoms with van der Waals surface area (Å²) in [5.41, 5.74) is 2.97. The van der Waals surface area contributed by atoms with Crippen LogP contribution in [0.5, 0.6) is 5.75 Å². The summed E-state index contributed by atoms with van der Waals surface area (Å²) < 4.78 is 5.35. The zero-order valence-corrected chi connectivity index (χ0v) is 18.1. The summed E-state index contributed by atoms with van der Waals surface area (Å²) in [4.78, 5) is 23.5. The topological polar surface area (TPSA) is 45.1 Å². The minimum Gasteiger partial charge on any atom is -0.497 e. The molecule has 0 aliphatic carbocycles. The minimum absolute atomic E-state index is 0.0450. The molecule has 2 aromatic carbocycles. The lowest BCUT2D eigenvalue weighted by molar-refractivity contribution is -0.121. The van der Waals surface area contributed by atoms with E-state index in [0.717, 1.165) is 32.6 Å². The number of anilines is 1. The lowest BCUT2D eigenvalue weighted by Gasteiger charge is -2.16. The maximum absolute atomic E-state index is 13.2. The quantitative estimate of drug-likeness (QED) is 0.502. The predicted molar refractivity (Wildman–Crippen MR) is 122 cm³/mol. The van der Waals surface area contributed by atoms with E-state index in [0.29, 0.717) is 16.6 Å². The fraction of sp³-hybridized carbons (Fsp3) is 0.182. The summed E-state index contributed by atoms with van der Waals surface area (Å²) in [5, 5.41) is 1.58. The van der Waals surface area contributed by atoms with Gasteiger partial charge in [-0.1, -0.05) is 36.0 Å². The SMILES string of the molecule is C=CCN1C(=O)/C(=C2/Sc3ccc(OC)cc3N2C)SC1=Nc1ccccc1C. The summed E-state index contributed by atoms with van der Waals surface area (Å²) in [6.45, 7) is 6.24. The lowest BCUT2D eigenvalue weighted by atomic mass is 10.2. The number of amidine groups is 1. The van der Waals surface area contributed by atoms with Gasteiger partial charge in [0.15, 0.2) is 5.17 Å². The van der Waals surface area contributed by atoms with E-state index in [9.17, 15) is 4.79 Å². The van der Waals surface area contributed by atoms with Crippen LogP contribution in [0.15, 0.2) is 74.9 Å². The number of hydrogen-bond acceptors (Lipinski definition) is 6. The van der Waals surface area contributed by atoms with Gasteiger partial charge < -0.3 is 9.64 Å². The number of aryl methyl sites for hydroxylation is 1. The van der Waals surface area contributed by atoms with Crippen molar-refractivity contribution in [2.45, 2.75) is 11.8 Å². The normalized spacial score (nSPS) is 19.8. The summed E-state index contributed by atoms with van der Waals surface area (Å²) in [7, 11) is 3.63. The Hall–Kier alpha value is -2.64. The molecule has 2 aromatic rings. The van der Waals surface area contributed by atoms with Crippen LogP contribution < -0.4 is 9.64 Å². The molecule has 2 aliphatic heterocycles. The van der Waals surface area contributed by atoms with Crippen molar-refractivity contribution in [3.05, 3.63) is 70.6 Å². The molecule has 148 valence electrons. The van der Waals surface area contributed by atoms with Crippen LogP contribution >= 0.6 is 23.5 Å². The highest BCUT2D eigenvalue weighted by Crippen LogP contribution is 2.51. The van der Waals surface area contributed by atoms with Gasteiger partial charge >= 0.3 is 0 Å². The second-order valence-corrected chi connectivity index (χ2v) is 8.62. The number of para-hydroxylation sites is 1. The van der Waals surface area contributed by atoms with Crippen molar-refractivity contribution in [3.63, 3.8) is 0 Å². The van der Waals surface area contributed by atoms with E-state index >= 15 is 0 Å². The molecule has 0 N–H and O–H groups in total. The van der Waals surface area contributed by atoms with E-state index < -0.39 is 0 Å². The van der Waals surface area contributed by atoms with Gasteiger partial charge in [0, 0.05) is 24.6 Å². The molecule has 0 saturated carbocycles. The van der Waals surface area contributed by atoms with Crippen molar-refractivity contribution >= 4 is 46.0 Å². The number of ether oxygens (including phenoxy) is 1. The van der Waals surface area contributed by atoms with E-state index in [-0.39, 0.29) is 5.91 Å². The first-order chi connectivity index (χ1) is 14.0. The lowest BCUT2D eigenvalue weighted by Crippen LogP contribution is -2.29. The summed E-state index contributed by atoms with van der Waals surface area (Å²) >= 11 is 3.01. The third kappa shape index (κ3) is 3.56. The van der Waals surface area contributed by atoms with Gasteiger partial charge in [-0.3, -0.25) is 9.69 Å². The fourth-order valence-corrected chi connectivity index (χ4v) is 5.48. The smallest absolute Gasteiger partial charge is 0.269 e. The molecule has 0 atom stereocenters. The molecule has 0 radical (unpaired) electrons. The number of benzene rings is 2. The number of fused-ring (bicyclic) bond motifs is 1. The largest absolute Gasteiger partial charge is 0.497 e. The highest BCUT2D eigenvalue weighted by molar-refractivity contribution is 8.19. The van der Waals surface area contributed by atoms with Crippen LogP contribution in [0.1, 0.15) is 5.56 Å². The van der Waals surface area contributed by atoms with Gasteiger partial charge in [-0.2, -0.15) is 0 Å². The van der Waals surface area contributed by atoms with Crippen molar-refractivity contribution in [2.24, 2.45) is 4.99 Å². The Bertz CT molecular complexity index is 1060. The van der Waals surface area contributed by atoms with Crippen molar-refractivity contribution in [3.8, 4) is 5.75 Å². The Labute approximate surface area is 179 Å². The van der Waals surface area contributed by atoms with Gasteiger partial charge in [0.05, 0.1) is 23.5 Å². The van der Waals surface area contributed by atoms with Gasteiger partial charge in [0.2, 0.25) is 0 Å². The molecule has 0 aromatic heterocycles. The molecule has 7 heteroatoms. The molecule has 1 amide bonds. The highest BCUT2D eigenvalue weighted by Gasteiger charge is 2.38. The van der Waals surface area contributed by atoms with E-state index in [1.165, 1.54) is 11.8 Å². The van der Waals surface area contributed by atoms with E-state index in [1.54, 1.807) is 29.8 Å². The number of carbonyl (C=O) groups is 1. The molecule has 1 saturated heterocycles. The Balaban J connectivity index is 1.75. The Kier molecular flexibility index (Phi) is 5.43. The number of hydrogen-bond donors (Lipinski definition) is 0. The van der Waals surface area contributed by atoms with Gasteiger partial charge in [-0.05, 0) is 42.4 Å². The first-order valence-electron chi connectivity index (χ1n) is 9.12. The second-order valence-electron chi connectivity index (χ2n) is 6.62. The highest BCUT2D eigenvalue weighted by atomic mass is 32.2. The average molecular weight is 424 g/mol. The third-order valence-electron chi connectivity index (χ3n) is 4.74. The molecule has 1 fully saturated rings. The molecule has 29 heavy (non-hydrogen) atoms. The predicted octanol–water partition coefficient (Wildman–Crippen LogP) is 5.16. The molecule has 2 aliphatic rings. The number of rotatable bonds is 4. The number of thioether (sulfide) groups is 2. The molecular weight excluding hydrogens is 402 g/mol. The second kappa shape index (κ2) is 8.00. The van der Waals surface area contributed by atoms with E-state index in [2.05, 4.69) is 6.58 Å². The Morgan fingerprint density at radius 1 is 1.21 bits per heavy atom. The minimum atomic E-state index is -0.0450. The van der Waals surface area contributed by atoms with Gasteiger partial charge in [-0.25, -0.2) is 4.99 Å². The number of methoxy groups -OCH3 is 1. The number of amides is 1. The Morgan fingerprint density at radius 3 is 2.72 bits per heavy atom. The molecule has 2 heterocycles. The monoisotopic (exact) mass is 423 g/mol. The number of aliphatic imine (C=N–C) groups is 1. The van der Waals surface area contributed by atoms with E-state index in [1.807, 2.05) is 61.3 Å². The van der Waals surface area contributed by atoms with Crippen molar-refractivity contribution < 1.29 is 9.53 Å². The zero-order valence-electron chi connectivity index (χ0n) is 16.5. The first-order valence-corrected chi connectivity index (χ1v) is 10.8. The molecule has 0 spiro atoms. The van der Waals surface area contributed by atoms with E-state index in [4.69, 9.17) is 9.73 Å². The van der Waals surface area contributed by atoms with Crippen molar-refractivity contribution in [1.82, 2.24) is 4.90 Å². The summed E-state index contributed by atoms with van der Waals surface area (Å²) in [5.74, 6) is 0.749. The van der Waals surface area contributed by atoms with Gasteiger partial charge in [0.25, 0.3) is 5.91 Å². The third-order valence-corrected chi connectivity index (χ3v) is 7.17. The standard InChI is InChI=1S/C22H21N3O2S2/c1-5-12-25-20(26)19(29-22(25)23-16-9-7-6-8-14(16)2)21-24(3)17-13-15(27-4)10-11-18(17)28-21/h5-11,13H,1,12H2,2-4H3/b21-19-,23-22?. The molecule has 0 unspecified atom stereocenters. The van der Waals surface area contributed by atoms with Crippen LogP contribution in [0.2, 0.25) is 0 Å². The summed E-state index contributed by atoms with van der Waals surface area (Å²) in [6.07, 6.45) is 1.73. The van der Waals surface area contributed by atoms with Gasteiger partial charge in [0.1, 0.15) is 10.7 Å². The fourth-order valence-electron chi connectivity index (χ4n) is 3.15.